The maximum atomic E-state index is 11.8. The first-order valence-corrected chi connectivity index (χ1v) is 6.48. The van der Waals surface area contributed by atoms with Gasteiger partial charge in [0.2, 0.25) is 5.91 Å². The third-order valence-corrected chi connectivity index (χ3v) is 2.85. The van der Waals surface area contributed by atoms with Gasteiger partial charge in [-0.2, -0.15) is 0 Å². The second kappa shape index (κ2) is 6.93. The van der Waals surface area contributed by atoms with Crippen LogP contribution in [0.4, 0.5) is 0 Å². The van der Waals surface area contributed by atoms with Crippen LogP contribution < -0.4 is 10.1 Å². The molecule has 0 aliphatic heterocycles. The summed E-state index contributed by atoms with van der Waals surface area (Å²) in [4.78, 5) is 22.5. The van der Waals surface area contributed by atoms with E-state index in [4.69, 9.17) is 9.84 Å². The quantitative estimate of drug-likeness (QED) is 0.800. The molecule has 0 aliphatic carbocycles. The molecule has 0 radical (unpaired) electrons. The van der Waals surface area contributed by atoms with Crippen molar-refractivity contribution in [3.63, 3.8) is 0 Å². The Kier molecular flexibility index (Phi) is 5.55. The standard InChI is InChI=1S/C15H21NO4/c1-15(2,10-14(18)19)16-13(17)8-7-11-5-4-6-12(9-11)20-3/h4-6,9H,7-8,10H2,1-3H3,(H,16,17)(H,18,19). The highest BCUT2D eigenvalue weighted by Gasteiger charge is 2.23. The summed E-state index contributed by atoms with van der Waals surface area (Å²) in [6, 6.07) is 7.54. The molecule has 0 aromatic heterocycles. The van der Waals surface area contributed by atoms with Gasteiger partial charge in [-0.05, 0) is 38.0 Å². The van der Waals surface area contributed by atoms with Gasteiger partial charge in [0.25, 0.3) is 0 Å². The van der Waals surface area contributed by atoms with Gasteiger partial charge in [-0.1, -0.05) is 12.1 Å². The summed E-state index contributed by atoms with van der Waals surface area (Å²) in [5.74, 6) is -0.323. The van der Waals surface area contributed by atoms with Crippen molar-refractivity contribution in [1.29, 1.82) is 0 Å². The number of aliphatic carboxylic acids is 1. The van der Waals surface area contributed by atoms with Crippen LogP contribution >= 0.6 is 0 Å². The largest absolute Gasteiger partial charge is 0.497 e. The first kappa shape index (κ1) is 16.0. The molecule has 0 saturated carbocycles. The SMILES string of the molecule is COc1cccc(CCC(=O)NC(C)(C)CC(=O)O)c1. The third-order valence-electron chi connectivity index (χ3n) is 2.85. The average Bonchev–Trinajstić information content (AvgIpc) is 2.34. The third kappa shape index (κ3) is 5.73. The summed E-state index contributed by atoms with van der Waals surface area (Å²) in [7, 11) is 1.60. The maximum Gasteiger partial charge on any atom is 0.305 e. The molecule has 2 N–H and O–H groups in total. The van der Waals surface area contributed by atoms with E-state index in [1.165, 1.54) is 0 Å². The number of benzene rings is 1. The van der Waals surface area contributed by atoms with E-state index in [1.54, 1.807) is 21.0 Å². The second-order valence-electron chi connectivity index (χ2n) is 5.35. The number of hydrogen-bond donors (Lipinski definition) is 2. The molecule has 5 heteroatoms. The van der Waals surface area contributed by atoms with Crippen LogP contribution in [0.3, 0.4) is 0 Å². The number of carbonyl (C=O) groups excluding carboxylic acids is 1. The molecule has 1 aromatic rings. The fourth-order valence-corrected chi connectivity index (χ4v) is 1.95. The minimum Gasteiger partial charge on any atom is -0.497 e. The number of methoxy groups -OCH3 is 1. The van der Waals surface area contributed by atoms with Gasteiger partial charge >= 0.3 is 5.97 Å². The van der Waals surface area contributed by atoms with Gasteiger partial charge in [-0.3, -0.25) is 9.59 Å². The minimum atomic E-state index is -0.928. The molecule has 0 unspecified atom stereocenters. The zero-order chi connectivity index (χ0) is 15.2. The topological polar surface area (TPSA) is 75.6 Å². The monoisotopic (exact) mass is 279 g/mol. The number of rotatable bonds is 7. The Morgan fingerprint density at radius 3 is 2.65 bits per heavy atom. The summed E-state index contributed by atoms with van der Waals surface area (Å²) in [6.07, 6.45) is 0.806. The zero-order valence-corrected chi connectivity index (χ0v) is 12.1. The summed E-state index contributed by atoms with van der Waals surface area (Å²) in [5.41, 5.74) is 0.271. The number of carbonyl (C=O) groups is 2. The number of carboxylic acid groups (broad SMARTS) is 1. The number of carboxylic acids is 1. The summed E-state index contributed by atoms with van der Waals surface area (Å²) in [5, 5.41) is 11.5. The van der Waals surface area contributed by atoms with Crippen molar-refractivity contribution >= 4 is 11.9 Å². The molecule has 20 heavy (non-hydrogen) atoms. The van der Waals surface area contributed by atoms with E-state index in [0.29, 0.717) is 12.8 Å². The number of ether oxygens (including phenoxy) is 1. The van der Waals surface area contributed by atoms with Crippen LogP contribution in [0.25, 0.3) is 0 Å². The van der Waals surface area contributed by atoms with Crippen LogP contribution in [-0.2, 0) is 16.0 Å². The summed E-state index contributed by atoms with van der Waals surface area (Å²) >= 11 is 0. The first-order valence-electron chi connectivity index (χ1n) is 6.48. The lowest BCUT2D eigenvalue weighted by Crippen LogP contribution is -2.45. The highest BCUT2D eigenvalue weighted by atomic mass is 16.5. The zero-order valence-electron chi connectivity index (χ0n) is 12.1. The Balaban J connectivity index is 2.48. The highest BCUT2D eigenvalue weighted by Crippen LogP contribution is 2.14. The Labute approximate surface area is 118 Å². The first-order chi connectivity index (χ1) is 9.32. The Hall–Kier alpha value is -2.04. The van der Waals surface area contributed by atoms with Crippen molar-refractivity contribution in [3.8, 4) is 5.75 Å². The van der Waals surface area contributed by atoms with E-state index in [2.05, 4.69) is 5.32 Å². The Morgan fingerprint density at radius 2 is 2.05 bits per heavy atom. The summed E-state index contributed by atoms with van der Waals surface area (Å²) < 4.78 is 5.12. The average molecular weight is 279 g/mol. The van der Waals surface area contributed by atoms with Crippen LogP contribution in [0.15, 0.2) is 24.3 Å². The van der Waals surface area contributed by atoms with Crippen molar-refractivity contribution in [2.75, 3.05) is 7.11 Å². The van der Waals surface area contributed by atoms with Gasteiger partial charge in [-0.15, -0.1) is 0 Å². The fraction of sp³-hybridized carbons (Fsp3) is 0.467. The molecular formula is C15H21NO4. The van der Waals surface area contributed by atoms with Gasteiger partial charge in [0.15, 0.2) is 0 Å². The van der Waals surface area contributed by atoms with E-state index >= 15 is 0 Å². The van der Waals surface area contributed by atoms with E-state index in [0.717, 1.165) is 11.3 Å². The molecule has 0 heterocycles. The molecule has 0 saturated heterocycles. The minimum absolute atomic E-state index is 0.0993. The number of hydrogen-bond acceptors (Lipinski definition) is 3. The van der Waals surface area contributed by atoms with Crippen LogP contribution in [0.1, 0.15) is 32.3 Å². The molecule has 0 spiro atoms. The van der Waals surface area contributed by atoms with Gasteiger partial charge in [0.05, 0.1) is 13.5 Å². The van der Waals surface area contributed by atoms with Gasteiger partial charge < -0.3 is 15.2 Å². The smallest absolute Gasteiger partial charge is 0.305 e. The second-order valence-corrected chi connectivity index (χ2v) is 5.35. The van der Waals surface area contributed by atoms with Crippen molar-refractivity contribution in [3.05, 3.63) is 29.8 Å². The molecular weight excluding hydrogens is 258 g/mol. The number of amides is 1. The van der Waals surface area contributed by atoms with Crippen molar-refractivity contribution in [1.82, 2.24) is 5.32 Å². The molecule has 0 aliphatic rings. The van der Waals surface area contributed by atoms with Crippen LogP contribution in [0, 0.1) is 0 Å². The summed E-state index contributed by atoms with van der Waals surface area (Å²) in [6.45, 7) is 3.40. The van der Waals surface area contributed by atoms with Crippen molar-refractivity contribution in [2.24, 2.45) is 0 Å². The molecule has 1 rings (SSSR count). The fourth-order valence-electron chi connectivity index (χ4n) is 1.95. The molecule has 5 nitrogen and oxygen atoms in total. The van der Waals surface area contributed by atoms with Crippen LogP contribution in [0.2, 0.25) is 0 Å². The molecule has 1 aromatic carbocycles. The maximum absolute atomic E-state index is 11.8. The Bertz CT molecular complexity index is 483. The molecule has 0 atom stereocenters. The van der Waals surface area contributed by atoms with Gasteiger partial charge in [0, 0.05) is 12.0 Å². The van der Waals surface area contributed by atoms with Gasteiger partial charge in [0.1, 0.15) is 5.75 Å². The molecule has 0 bridgehead atoms. The lowest BCUT2D eigenvalue weighted by atomic mass is 10.00. The van der Waals surface area contributed by atoms with Crippen molar-refractivity contribution < 1.29 is 19.4 Å². The van der Waals surface area contributed by atoms with Gasteiger partial charge in [-0.25, -0.2) is 0 Å². The predicted octanol–water partition coefficient (Wildman–Crippen LogP) is 2.00. The number of nitrogens with one attached hydrogen (secondary N) is 1. The normalized spacial score (nSPS) is 10.9. The lowest BCUT2D eigenvalue weighted by molar-refractivity contribution is -0.138. The Morgan fingerprint density at radius 1 is 1.35 bits per heavy atom. The highest BCUT2D eigenvalue weighted by molar-refractivity contribution is 5.78. The van der Waals surface area contributed by atoms with Crippen LogP contribution in [-0.4, -0.2) is 29.6 Å². The van der Waals surface area contributed by atoms with Crippen molar-refractivity contribution in [2.45, 2.75) is 38.6 Å². The van der Waals surface area contributed by atoms with E-state index in [9.17, 15) is 9.59 Å². The molecule has 0 fully saturated rings. The van der Waals surface area contributed by atoms with E-state index in [1.807, 2.05) is 24.3 Å². The number of aryl methyl sites for hydroxylation is 1. The van der Waals surface area contributed by atoms with Crippen LogP contribution in [0.5, 0.6) is 5.75 Å². The van der Waals surface area contributed by atoms with E-state index in [-0.39, 0.29) is 12.3 Å². The van der Waals surface area contributed by atoms with E-state index < -0.39 is 11.5 Å². The molecule has 110 valence electrons. The predicted molar refractivity (Wildman–Crippen MR) is 75.8 cm³/mol. The molecule has 1 amide bonds. The lowest BCUT2D eigenvalue weighted by Gasteiger charge is -2.24.